The number of hydrogen-bond donors (Lipinski definition) is 2. The third-order valence-electron chi connectivity index (χ3n) is 4.16. The molecule has 1 aliphatic carbocycles. The molecule has 1 aliphatic rings. The first kappa shape index (κ1) is 14.3. The van der Waals surface area contributed by atoms with Crippen LogP contribution in [0.2, 0.25) is 0 Å². The summed E-state index contributed by atoms with van der Waals surface area (Å²) < 4.78 is 1.02. The minimum Gasteiger partial charge on any atom is -0.481 e. The standard InChI is InChI=1S/C16H17BrN2O2/c17-13-6-3-5-11-10(13)8-9-18-15(11)19-14-7-2-1-4-12(14)16(20)21/h3,5-6,8-9,12,14H,1-2,4,7H2,(H,18,19)(H,20,21). The maximum absolute atomic E-state index is 11.4. The van der Waals surface area contributed by atoms with Crippen molar-refractivity contribution in [2.24, 2.45) is 5.92 Å². The van der Waals surface area contributed by atoms with E-state index in [1.54, 1.807) is 6.20 Å². The van der Waals surface area contributed by atoms with Crippen LogP contribution >= 0.6 is 15.9 Å². The number of nitrogens with one attached hydrogen (secondary N) is 1. The SMILES string of the molecule is O=C(O)C1CCCCC1Nc1nccc2c(Br)cccc12. The first-order valence-electron chi connectivity index (χ1n) is 7.19. The van der Waals surface area contributed by atoms with Crippen LogP contribution < -0.4 is 5.32 Å². The van der Waals surface area contributed by atoms with E-state index in [1.807, 2.05) is 24.3 Å². The highest BCUT2D eigenvalue weighted by Crippen LogP contribution is 2.31. The van der Waals surface area contributed by atoms with Crippen molar-refractivity contribution in [2.75, 3.05) is 5.32 Å². The van der Waals surface area contributed by atoms with Gasteiger partial charge >= 0.3 is 5.97 Å². The molecular weight excluding hydrogens is 332 g/mol. The van der Waals surface area contributed by atoms with Gasteiger partial charge in [0.1, 0.15) is 5.82 Å². The Labute approximate surface area is 131 Å². The van der Waals surface area contributed by atoms with Crippen LogP contribution in [0.25, 0.3) is 10.8 Å². The van der Waals surface area contributed by atoms with Gasteiger partial charge in [0.15, 0.2) is 0 Å². The van der Waals surface area contributed by atoms with E-state index in [4.69, 9.17) is 0 Å². The van der Waals surface area contributed by atoms with E-state index >= 15 is 0 Å². The molecule has 1 heterocycles. The average Bonchev–Trinajstić information content (AvgIpc) is 2.49. The van der Waals surface area contributed by atoms with Crippen molar-refractivity contribution in [1.82, 2.24) is 4.98 Å². The maximum Gasteiger partial charge on any atom is 0.308 e. The van der Waals surface area contributed by atoms with E-state index in [2.05, 4.69) is 26.2 Å². The number of rotatable bonds is 3. The topological polar surface area (TPSA) is 62.2 Å². The van der Waals surface area contributed by atoms with Crippen molar-refractivity contribution in [3.63, 3.8) is 0 Å². The minimum atomic E-state index is -0.714. The highest BCUT2D eigenvalue weighted by atomic mass is 79.9. The Bertz CT molecular complexity index is 674. The highest BCUT2D eigenvalue weighted by molar-refractivity contribution is 9.10. The number of carboxylic acids is 1. The summed E-state index contributed by atoms with van der Waals surface area (Å²) in [6.07, 6.45) is 5.43. The highest BCUT2D eigenvalue weighted by Gasteiger charge is 2.31. The molecule has 0 aliphatic heterocycles. The molecule has 1 aromatic carbocycles. The molecule has 1 fully saturated rings. The van der Waals surface area contributed by atoms with Crippen molar-refractivity contribution in [1.29, 1.82) is 0 Å². The summed E-state index contributed by atoms with van der Waals surface area (Å²) in [5.74, 6) is -0.275. The zero-order valence-electron chi connectivity index (χ0n) is 11.6. The van der Waals surface area contributed by atoms with E-state index in [0.29, 0.717) is 0 Å². The van der Waals surface area contributed by atoms with Crippen molar-refractivity contribution >= 4 is 38.5 Å². The first-order valence-corrected chi connectivity index (χ1v) is 7.98. The summed E-state index contributed by atoms with van der Waals surface area (Å²) in [5.41, 5.74) is 0. The fourth-order valence-corrected chi connectivity index (χ4v) is 3.56. The second-order valence-corrected chi connectivity index (χ2v) is 6.33. The Hall–Kier alpha value is -1.62. The summed E-state index contributed by atoms with van der Waals surface area (Å²) >= 11 is 3.54. The van der Waals surface area contributed by atoms with E-state index in [-0.39, 0.29) is 12.0 Å². The van der Waals surface area contributed by atoms with Gasteiger partial charge in [-0.15, -0.1) is 0 Å². The van der Waals surface area contributed by atoms with Gasteiger partial charge in [0.2, 0.25) is 0 Å². The fraction of sp³-hybridized carbons (Fsp3) is 0.375. The quantitative estimate of drug-likeness (QED) is 0.878. The summed E-state index contributed by atoms with van der Waals surface area (Å²) in [6, 6.07) is 7.88. The molecule has 0 saturated heterocycles. The molecule has 1 saturated carbocycles. The number of anilines is 1. The van der Waals surface area contributed by atoms with Gasteiger partial charge in [-0.25, -0.2) is 4.98 Å². The van der Waals surface area contributed by atoms with Crippen molar-refractivity contribution in [3.05, 3.63) is 34.9 Å². The molecule has 4 nitrogen and oxygen atoms in total. The van der Waals surface area contributed by atoms with Gasteiger partial charge in [0, 0.05) is 27.5 Å². The molecular formula is C16H17BrN2O2. The lowest BCUT2D eigenvalue weighted by atomic mass is 9.84. The number of carbonyl (C=O) groups is 1. The maximum atomic E-state index is 11.4. The lowest BCUT2D eigenvalue weighted by Gasteiger charge is -2.30. The van der Waals surface area contributed by atoms with Crippen molar-refractivity contribution in [3.8, 4) is 0 Å². The van der Waals surface area contributed by atoms with E-state index in [1.165, 1.54) is 0 Å². The number of fused-ring (bicyclic) bond motifs is 1. The van der Waals surface area contributed by atoms with Gasteiger partial charge in [0.05, 0.1) is 5.92 Å². The molecule has 0 spiro atoms. The Morgan fingerprint density at radius 3 is 2.86 bits per heavy atom. The number of hydrogen-bond acceptors (Lipinski definition) is 3. The largest absolute Gasteiger partial charge is 0.481 e. The molecule has 2 aromatic rings. The molecule has 0 bridgehead atoms. The van der Waals surface area contributed by atoms with Gasteiger partial charge in [-0.3, -0.25) is 4.79 Å². The monoisotopic (exact) mass is 348 g/mol. The number of benzene rings is 1. The van der Waals surface area contributed by atoms with Crippen LogP contribution in [0.5, 0.6) is 0 Å². The molecule has 2 unspecified atom stereocenters. The number of aromatic nitrogens is 1. The summed E-state index contributed by atoms with van der Waals surface area (Å²) in [7, 11) is 0. The number of aliphatic carboxylic acids is 1. The lowest BCUT2D eigenvalue weighted by molar-refractivity contribution is -0.143. The number of halogens is 1. The molecule has 1 aromatic heterocycles. The minimum absolute atomic E-state index is 0.0478. The summed E-state index contributed by atoms with van der Waals surface area (Å²) in [4.78, 5) is 15.8. The Morgan fingerprint density at radius 2 is 2.05 bits per heavy atom. The molecule has 0 amide bonds. The van der Waals surface area contributed by atoms with E-state index in [0.717, 1.165) is 46.7 Å². The van der Waals surface area contributed by atoms with Gasteiger partial charge in [-0.05, 0) is 25.0 Å². The Morgan fingerprint density at radius 1 is 1.24 bits per heavy atom. The Balaban J connectivity index is 1.94. The van der Waals surface area contributed by atoms with E-state index in [9.17, 15) is 9.90 Å². The van der Waals surface area contributed by atoms with Crippen LogP contribution in [0.3, 0.4) is 0 Å². The van der Waals surface area contributed by atoms with Crippen molar-refractivity contribution in [2.45, 2.75) is 31.7 Å². The summed E-state index contributed by atoms with van der Waals surface area (Å²) in [5, 5.41) is 14.8. The third kappa shape index (κ3) is 2.88. The zero-order valence-corrected chi connectivity index (χ0v) is 13.1. The van der Waals surface area contributed by atoms with Crippen LogP contribution in [-0.4, -0.2) is 22.1 Å². The lowest BCUT2D eigenvalue weighted by Crippen LogP contribution is -2.37. The van der Waals surface area contributed by atoms with Crippen LogP contribution in [0, 0.1) is 5.92 Å². The van der Waals surface area contributed by atoms with Gasteiger partial charge in [-0.1, -0.05) is 40.9 Å². The predicted molar refractivity (Wildman–Crippen MR) is 86.4 cm³/mol. The fourth-order valence-electron chi connectivity index (χ4n) is 3.06. The van der Waals surface area contributed by atoms with Crippen LogP contribution in [0.4, 0.5) is 5.82 Å². The zero-order chi connectivity index (χ0) is 14.8. The van der Waals surface area contributed by atoms with Gasteiger partial charge in [-0.2, -0.15) is 0 Å². The average molecular weight is 349 g/mol. The van der Waals surface area contributed by atoms with Crippen LogP contribution in [0.1, 0.15) is 25.7 Å². The molecule has 2 N–H and O–H groups in total. The summed E-state index contributed by atoms with van der Waals surface area (Å²) in [6.45, 7) is 0. The van der Waals surface area contributed by atoms with Gasteiger partial charge < -0.3 is 10.4 Å². The molecule has 0 radical (unpaired) electrons. The second kappa shape index (κ2) is 6.02. The normalized spacial score (nSPS) is 22.1. The van der Waals surface area contributed by atoms with Crippen molar-refractivity contribution < 1.29 is 9.90 Å². The number of carboxylic acid groups (broad SMARTS) is 1. The molecule has 3 rings (SSSR count). The second-order valence-electron chi connectivity index (χ2n) is 5.47. The molecule has 21 heavy (non-hydrogen) atoms. The van der Waals surface area contributed by atoms with Gasteiger partial charge in [0.25, 0.3) is 0 Å². The first-order chi connectivity index (χ1) is 10.2. The van der Waals surface area contributed by atoms with Crippen LogP contribution in [0.15, 0.2) is 34.9 Å². The van der Waals surface area contributed by atoms with E-state index < -0.39 is 5.97 Å². The molecule has 5 heteroatoms. The number of nitrogens with zero attached hydrogens (tertiary/aromatic N) is 1. The molecule has 110 valence electrons. The van der Waals surface area contributed by atoms with Crippen LogP contribution in [-0.2, 0) is 4.79 Å². The predicted octanol–water partition coefficient (Wildman–Crippen LogP) is 4.05. The number of pyridine rings is 1. The smallest absolute Gasteiger partial charge is 0.308 e. The third-order valence-corrected chi connectivity index (χ3v) is 4.85. The Kier molecular flexibility index (Phi) is 4.10. The molecule has 2 atom stereocenters.